The second-order valence-corrected chi connectivity index (χ2v) is 14.8. The fourth-order valence-electron chi connectivity index (χ4n) is 5.03. The number of anilines is 5. The van der Waals surface area contributed by atoms with Gasteiger partial charge in [-0.2, -0.15) is 33.6 Å². The fraction of sp³-hybridized carbons (Fsp3) is 0.139. The topological polar surface area (TPSA) is 357 Å². The highest BCUT2D eigenvalue weighted by Crippen LogP contribution is 2.40. The van der Waals surface area contributed by atoms with Crippen molar-refractivity contribution in [1.82, 2.24) is 15.0 Å². The number of carboxylic acid groups (broad SMARTS) is 4. The predicted octanol–water partition coefficient (Wildman–Crippen LogP) is 8.08. The van der Waals surface area contributed by atoms with Gasteiger partial charge in [0.1, 0.15) is 22.9 Å². The van der Waals surface area contributed by atoms with Crippen LogP contribution in [0.4, 0.5) is 52.0 Å². The van der Waals surface area contributed by atoms with Crippen LogP contribution in [0.15, 0.2) is 81.1 Å². The van der Waals surface area contributed by atoms with Crippen molar-refractivity contribution in [2.24, 2.45) is 20.5 Å². The lowest BCUT2D eigenvalue weighted by Crippen LogP contribution is -2.09. The van der Waals surface area contributed by atoms with Gasteiger partial charge < -0.3 is 46.2 Å². The van der Waals surface area contributed by atoms with E-state index in [0.717, 1.165) is 42.5 Å². The van der Waals surface area contributed by atoms with Crippen molar-refractivity contribution in [1.29, 1.82) is 0 Å². The zero-order valence-electron chi connectivity index (χ0n) is 31.4. The summed E-state index contributed by atoms with van der Waals surface area (Å²) in [6, 6.07) is 11.3. The molecule has 0 amide bonds. The number of nitrogens with one attached hydrogen (secondary N) is 3. The van der Waals surface area contributed by atoms with Gasteiger partial charge in [0.25, 0.3) is 10.1 Å². The number of carboxylic acids is 4. The molecular formula is C36H30Cl2N10O13S. The molecule has 0 saturated carbocycles. The number of phenols is 1. The maximum atomic E-state index is 11.6. The van der Waals surface area contributed by atoms with E-state index in [1.54, 1.807) is 0 Å². The summed E-state index contributed by atoms with van der Waals surface area (Å²) in [6.45, 7) is -0.0789. The Morgan fingerprint density at radius 2 is 1.06 bits per heavy atom. The Balaban J connectivity index is 1.44. The van der Waals surface area contributed by atoms with E-state index in [4.69, 9.17) is 32.5 Å². The largest absolute Gasteiger partial charge is 0.506 e. The summed E-state index contributed by atoms with van der Waals surface area (Å²) in [4.78, 5) is 58.9. The summed E-state index contributed by atoms with van der Waals surface area (Å²) < 4.78 is 37.4. The van der Waals surface area contributed by atoms with Crippen molar-refractivity contribution >= 4 is 109 Å². The molecule has 0 aliphatic heterocycles. The molecule has 4 aromatic carbocycles. The first-order chi connectivity index (χ1) is 29.3. The molecule has 0 atom stereocenters. The van der Waals surface area contributed by atoms with E-state index in [-0.39, 0.29) is 109 Å². The molecule has 1 heterocycles. The number of azo groups is 2. The minimum absolute atomic E-state index is 0.0128. The molecule has 0 unspecified atom stereocenters. The lowest BCUT2D eigenvalue weighted by atomic mass is 10.1. The highest BCUT2D eigenvalue weighted by atomic mass is 35.5. The van der Waals surface area contributed by atoms with Crippen LogP contribution in [0.1, 0.15) is 54.3 Å². The van der Waals surface area contributed by atoms with Gasteiger partial charge in [0.2, 0.25) is 17.8 Å². The molecule has 9 N–H and O–H groups in total. The summed E-state index contributed by atoms with van der Waals surface area (Å²) in [5.41, 5.74) is -1.64. The molecule has 322 valence electrons. The Morgan fingerprint density at radius 3 is 1.52 bits per heavy atom. The summed E-state index contributed by atoms with van der Waals surface area (Å²) in [5, 5.41) is 72.6. The normalized spacial score (nSPS) is 11.4. The van der Waals surface area contributed by atoms with Crippen LogP contribution >= 0.6 is 23.2 Å². The Bertz CT molecular complexity index is 2710. The number of carbonyl (C=O) groups is 4. The van der Waals surface area contributed by atoms with Gasteiger partial charge in [-0.25, -0.2) is 19.2 Å². The Kier molecular flexibility index (Phi) is 14.5. The third-order valence-corrected chi connectivity index (χ3v) is 9.30. The van der Waals surface area contributed by atoms with E-state index in [0.29, 0.717) is 0 Å². The number of aromatic nitrogens is 3. The fourth-order valence-corrected chi connectivity index (χ4v) is 6.00. The Labute approximate surface area is 358 Å². The Hall–Kier alpha value is -7.54. The zero-order valence-corrected chi connectivity index (χ0v) is 33.8. The number of hydrogen-bond acceptors (Lipinski definition) is 18. The van der Waals surface area contributed by atoms with Gasteiger partial charge in [0.15, 0.2) is 0 Å². The second-order valence-electron chi connectivity index (χ2n) is 12.4. The van der Waals surface area contributed by atoms with Gasteiger partial charge in [-0.3, -0.25) is 4.55 Å². The molecule has 0 saturated heterocycles. The van der Waals surface area contributed by atoms with Crippen molar-refractivity contribution in [3.8, 4) is 11.5 Å². The number of benzene rings is 4. The van der Waals surface area contributed by atoms with Gasteiger partial charge in [-0.15, -0.1) is 10.2 Å². The monoisotopic (exact) mass is 912 g/mol. The molecule has 5 rings (SSSR count). The third kappa shape index (κ3) is 12.5. The van der Waals surface area contributed by atoms with Gasteiger partial charge in [-0.1, -0.05) is 23.2 Å². The molecule has 0 aliphatic rings. The number of aromatic hydroxyl groups is 1. The molecule has 26 heteroatoms. The number of nitrogens with zero attached hydrogens (tertiary/aromatic N) is 7. The van der Waals surface area contributed by atoms with E-state index in [1.165, 1.54) is 25.2 Å². The summed E-state index contributed by atoms with van der Waals surface area (Å²) >= 11 is 13.0. The lowest BCUT2D eigenvalue weighted by molar-refractivity contribution is 0.0676. The van der Waals surface area contributed by atoms with E-state index < -0.39 is 45.5 Å². The van der Waals surface area contributed by atoms with Crippen LogP contribution in [0.5, 0.6) is 11.5 Å². The van der Waals surface area contributed by atoms with Crippen molar-refractivity contribution in [2.45, 2.75) is 12.8 Å². The molecule has 0 spiro atoms. The average molecular weight is 914 g/mol. The quantitative estimate of drug-likeness (QED) is 0.0163. The zero-order chi connectivity index (χ0) is 45.3. The average Bonchev–Trinajstić information content (AvgIpc) is 3.20. The molecule has 0 aliphatic carbocycles. The number of ether oxygens (including phenoxy) is 1. The summed E-state index contributed by atoms with van der Waals surface area (Å²) in [7, 11) is -2.72. The van der Waals surface area contributed by atoms with Crippen LogP contribution < -0.4 is 20.7 Å². The maximum absolute atomic E-state index is 11.6. The highest BCUT2D eigenvalue weighted by molar-refractivity contribution is 7.85. The number of halogens is 2. The van der Waals surface area contributed by atoms with E-state index in [1.807, 2.05) is 0 Å². The smallest absolute Gasteiger partial charge is 0.335 e. The highest BCUT2D eigenvalue weighted by Gasteiger charge is 2.18. The molecule has 0 bridgehead atoms. The van der Waals surface area contributed by atoms with Crippen molar-refractivity contribution in [2.75, 3.05) is 35.4 Å². The first kappa shape index (κ1) is 45.5. The van der Waals surface area contributed by atoms with Crippen molar-refractivity contribution < 1.29 is 62.4 Å². The number of unbranched alkanes of at least 4 members (excludes halogenated alkanes) is 1. The molecule has 23 nitrogen and oxygen atoms in total. The summed E-state index contributed by atoms with van der Waals surface area (Å²) in [6.07, 6.45) is 0.203. The maximum Gasteiger partial charge on any atom is 0.335 e. The molecule has 5 aromatic rings. The van der Waals surface area contributed by atoms with Crippen LogP contribution in [-0.2, 0) is 10.1 Å². The van der Waals surface area contributed by atoms with Crippen molar-refractivity contribution in [3.05, 3.63) is 93.0 Å². The Morgan fingerprint density at radius 1 is 0.629 bits per heavy atom. The third-order valence-electron chi connectivity index (χ3n) is 7.89. The van der Waals surface area contributed by atoms with Gasteiger partial charge >= 0.3 is 23.9 Å². The first-order valence-corrected chi connectivity index (χ1v) is 19.6. The van der Waals surface area contributed by atoms with E-state index in [9.17, 15) is 53.1 Å². The molecule has 62 heavy (non-hydrogen) atoms. The summed E-state index contributed by atoms with van der Waals surface area (Å²) in [5.74, 6) is -6.74. The number of rotatable bonds is 19. The van der Waals surface area contributed by atoms with Crippen LogP contribution in [0, 0.1) is 0 Å². The standard InChI is InChI=1S/C36H30Cl2N10O13S/c1-39-34-42-35(40-26-12-22(37)24(14-28(26)49)47-45-20-8-16(30(50)51)6-17(9-20)31(52)53)44-36(43-34)41-27-13-23(38)25(15-29(27)61-4-2-3-5-62(58,59)60)48-46-21-10-18(32(54)55)7-19(11-21)33(56)57/h6-15,49H,2-5H2,1H3,(H,50,51)(H,52,53)(H,54,55)(H,56,57)(H,58,59,60)(H3,39,40,41,42,43,44). The first-order valence-electron chi connectivity index (χ1n) is 17.3. The van der Waals surface area contributed by atoms with Gasteiger partial charge in [0.05, 0.1) is 67.4 Å². The second kappa shape index (κ2) is 19.7. The SMILES string of the molecule is CNc1nc(Nc2cc(Cl)c(N=Nc3cc(C(=O)O)cc(C(=O)O)c3)cc2O)nc(Nc2cc(Cl)c(N=Nc3cc(C(=O)O)cc(C(=O)O)c3)cc2OCCCCS(=O)(=O)O)n1. The minimum Gasteiger partial charge on any atom is -0.506 e. The predicted molar refractivity (Wildman–Crippen MR) is 221 cm³/mol. The lowest BCUT2D eigenvalue weighted by Gasteiger charge is -2.15. The van der Waals surface area contributed by atoms with Gasteiger partial charge in [-0.05, 0) is 61.4 Å². The molecule has 0 radical (unpaired) electrons. The van der Waals surface area contributed by atoms with Crippen molar-refractivity contribution in [3.63, 3.8) is 0 Å². The van der Waals surface area contributed by atoms with Crippen LogP contribution in [0.2, 0.25) is 10.0 Å². The minimum atomic E-state index is -4.23. The van der Waals surface area contributed by atoms with E-state index >= 15 is 0 Å². The van der Waals surface area contributed by atoms with Crippen LogP contribution in [0.3, 0.4) is 0 Å². The van der Waals surface area contributed by atoms with Gasteiger partial charge in [0, 0.05) is 19.2 Å². The molecule has 0 fully saturated rings. The molecule has 1 aromatic heterocycles. The number of aromatic carboxylic acids is 4. The van der Waals surface area contributed by atoms with E-state index in [2.05, 4.69) is 51.4 Å². The van der Waals surface area contributed by atoms with Crippen LogP contribution in [-0.4, -0.2) is 96.7 Å². The van der Waals surface area contributed by atoms with Crippen LogP contribution in [0.25, 0.3) is 0 Å². The molecular weight excluding hydrogens is 883 g/mol. The number of phenolic OH excluding ortho intramolecular Hbond substituents is 1. The number of hydrogen-bond donors (Lipinski definition) is 9.